The number of benzene rings is 1. The smallest absolute Gasteiger partial charge is 0.289 e. The molecular weight excluding hydrogens is 283 g/mol. The maximum absolute atomic E-state index is 13.8. The van der Waals surface area contributed by atoms with Crippen LogP contribution in [0.3, 0.4) is 0 Å². The van der Waals surface area contributed by atoms with E-state index < -0.39 is 5.82 Å². The van der Waals surface area contributed by atoms with E-state index in [4.69, 9.17) is 4.42 Å². The van der Waals surface area contributed by atoms with Crippen molar-refractivity contribution in [2.45, 2.75) is 19.9 Å². The molecule has 2 atom stereocenters. The highest BCUT2D eigenvalue weighted by Crippen LogP contribution is 2.30. The Morgan fingerprint density at radius 3 is 2.68 bits per heavy atom. The van der Waals surface area contributed by atoms with Crippen molar-refractivity contribution in [2.24, 2.45) is 5.92 Å². The second-order valence-electron chi connectivity index (χ2n) is 6.39. The Labute approximate surface area is 129 Å². The van der Waals surface area contributed by atoms with Gasteiger partial charge in [0.1, 0.15) is 0 Å². The standard InChI is InChI=1S/C17H21FN2O2/c1-10-8-20(9-14(10)19(3)4)17(21)15-11(2)12-6-5-7-13(18)16(12)22-15/h5-7,10,14H,8-9H2,1-4H3/t10-,14-/m0/s1. The van der Waals surface area contributed by atoms with Crippen molar-refractivity contribution in [3.63, 3.8) is 0 Å². The van der Waals surface area contributed by atoms with Crippen LogP contribution in [0.5, 0.6) is 0 Å². The van der Waals surface area contributed by atoms with Crippen molar-refractivity contribution in [3.8, 4) is 0 Å². The van der Waals surface area contributed by atoms with Gasteiger partial charge in [0.2, 0.25) is 0 Å². The minimum absolute atomic E-state index is 0.149. The van der Waals surface area contributed by atoms with Crippen LogP contribution in [0.25, 0.3) is 11.0 Å². The van der Waals surface area contributed by atoms with Crippen LogP contribution in [-0.2, 0) is 0 Å². The monoisotopic (exact) mass is 304 g/mol. The van der Waals surface area contributed by atoms with Gasteiger partial charge in [0.25, 0.3) is 5.91 Å². The van der Waals surface area contributed by atoms with E-state index in [1.807, 2.05) is 14.1 Å². The van der Waals surface area contributed by atoms with E-state index in [0.29, 0.717) is 36.0 Å². The number of hydrogen-bond donors (Lipinski definition) is 0. The lowest BCUT2D eigenvalue weighted by Crippen LogP contribution is -2.35. The lowest BCUT2D eigenvalue weighted by Gasteiger charge is -2.22. The van der Waals surface area contributed by atoms with E-state index >= 15 is 0 Å². The number of likely N-dealkylation sites (N-methyl/N-ethyl adjacent to an activating group) is 1. The topological polar surface area (TPSA) is 36.7 Å². The summed E-state index contributed by atoms with van der Waals surface area (Å²) in [4.78, 5) is 16.7. The summed E-state index contributed by atoms with van der Waals surface area (Å²) in [6, 6.07) is 5.10. The number of carbonyl (C=O) groups is 1. The highest BCUT2D eigenvalue weighted by molar-refractivity contribution is 5.99. The number of amides is 1. The van der Waals surface area contributed by atoms with E-state index in [1.54, 1.807) is 24.0 Å². The van der Waals surface area contributed by atoms with Crippen LogP contribution in [-0.4, -0.2) is 48.9 Å². The number of furan rings is 1. The summed E-state index contributed by atoms with van der Waals surface area (Å²) in [6.07, 6.45) is 0. The molecule has 2 aromatic rings. The summed E-state index contributed by atoms with van der Waals surface area (Å²) in [6.45, 7) is 5.32. The van der Waals surface area contributed by atoms with Gasteiger partial charge in [-0.3, -0.25) is 4.79 Å². The molecule has 4 nitrogen and oxygen atoms in total. The number of hydrogen-bond acceptors (Lipinski definition) is 3. The van der Waals surface area contributed by atoms with E-state index in [-0.39, 0.29) is 17.3 Å². The first-order chi connectivity index (χ1) is 10.4. The normalized spacial score (nSPS) is 22.0. The molecule has 0 spiro atoms. The first-order valence-electron chi connectivity index (χ1n) is 7.53. The summed E-state index contributed by atoms with van der Waals surface area (Å²) in [5, 5.41) is 0.666. The largest absolute Gasteiger partial charge is 0.448 e. The number of halogens is 1. The number of rotatable bonds is 2. The fourth-order valence-electron chi connectivity index (χ4n) is 3.34. The average Bonchev–Trinajstić information content (AvgIpc) is 3.01. The van der Waals surface area contributed by atoms with Crippen LogP contribution in [0.15, 0.2) is 22.6 Å². The molecule has 0 aliphatic carbocycles. The van der Waals surface area contributed by atoms with Gasteiger partial charge < -0.3 is 14.2 Å². The molecule has 0 radical (unpaired) electrons. The molecule has 0 bridgehead atoms. The predicted octanol–water partition coefficient (Wildman–Crippen LogP) is 2.90. The highest BCUT2D eigenvalue weighted by atomic mass is 19.1. The Morgan fingerprint density at radius 2 is 2.09 bits per heavy atom. The van der Waals surface area contributed by atoms with Gasteiger partial charge in [0.05, 0.1) is 0 Å². The minimum Gasteiger partial charge on any atom is -0.448 e. The molecule has 22 heavy (non-hydrogen) atoms. The maximum Gasteiger partial charge on any atom is 0.289 e. The molecule has 118 valence electrons. The average molecular weight is 304 g/mol. The zero-order valence-electron chi connectivity index (χ0n) is 13.4. The fourth-order valence-corrected chi connectivity index (χ4v) is 3.34. The molecule has 0 unspecified atom stereocenters. The summed E-state index contributed by atoms with van der Waals surface area (Å²) in [7, 11) is 4.05. The van der Waals surface area contributed by atoms with E-state index in [1.165, 1.54) is 6.07 Å². The molecule has 0 N–H and O–H groups in total. The molecule has 3 rings (SSSR count). The van der Waals surface area contributed by atoms with Crippen LogP contribution < -0.4 is 0 Å². The fraction of sp³-hybridized carbons (Fsp3) is 0.471. The molecule has 5 heteroatoms. The van der Waals surface area contributed by atoms with E-state index in [2.05, 4.69) is 11.8 Å². The van der Waals surface area contributed by atoms with Crippen molar-refractivity contribution in [2.75, 3.05) is 27.2 Å². The Kier molecular flexibility index (Phi) is 3.68. The third kappa shape index (κ3) is 2.29. The van der Waals surface area contributed by atoms with Gasteiger partial charge in [0.15, 0.2) is 17.2 Å². The first kappa shape index (κ1) is 15.0. The van der Waals surface area contributed by atoms with Crippen LogP contribution in [0.2, 0.25) is 0 Å². The van der Waals surface area contributed by atoms with Crippen molar-refractivity contribution < 1.29 is 13.6 Å². The van der Waals surface area contributed by atoms with Gasteiger partial charge in [-0.25, -0.2) is 4.39 Å². The van der Waals surface area contributed by atoms with Crippen LogP contribution in [0, 0.1) is 18.7 Å². The van der Waals surface area contributed by atoms with Crippen LogP contribution in [0.1, 0.15) is 23.0 Å². The van der Waals surface area contributed by atoms with Gasteiger partial charge in [-0.05, 0) is 33.0 Å². The lowest BCUT2D eigenvalue weighted by molar-refractivity contribution is 0.0751. The quantitative estimate of drug-likeness (QED) is 0.856. The van der Waals surface area contributed by atoms with Crippen molar-refractivity contribution >= 4 is 16.9 Å². The van der Waals surface area contributed by atoms with Gasteiger partial charge in [-0.1, -0.05) is 19.1 Å². The summed E-state index contributed by atoms with van der Waals surface area (Å²) in [5.41, 5.74) is 0.875. The number of likely N-dealkylation sites (tertiary alicyclic amines) is 1. The van der Waals surface area contributed by atoms with Gasteiger partial charge in [-0.15, -0.1) is 0 Å². The Hall–Kier alpha value is -1.88. The molecular formula is C17H21FN2O2. The van der Waals surface area contributed by atoms with Crippen molar-refractivity contribution in [3.05, 3.63) is 35.3 Å². The van der Waals surface area contributed by atoms with Crippen molar-refractivity contribution in [1.82, 2.24) is 9.80 Å². The highest BCUT2D eigenvalue weighted by Gasteiger charge is 2.35. The van der Waals surface area contributed by atoms with Gasteiger partial charge in [0, 0.05) is 30.1 Å². The lowest BCUT2D eigenvalue weighted by atomic mass is 10.1. The third-order valence-corrected chi connectivity index (χ3v) is 4.63. The summed E-state index contributed by atoms with van der Waals surface area (Å²) < 4.78 is 19.4. The third-order valence-electron chi connectivity index (χ3n) is 4.63. The number of aryl methyl sites for hydroxylation is 1. The SMILES string of the molecule is Cc1c(C(=O)N2C[C@H](C)[C@@H](N(C)C)C2)oc2c(F)cccc12. The second-order valence-corrected chi connectivity index (χ2v) is 6.39. The number of carbonyl (C=O) groups excluding carboxylic acids is 1. The number of fused-ring (bicyclic) bond motifs is 1. The molecule has 1 aromatic heterocycles. The Balaban J connectivity index is 1.94. The van der Waals surface area contributed by atoms with Gasteiger partial charge >= 0.3 is 0 Å². The first-order valence-corrected chi connectivity index (χ1v) is 7.53. The van der Waals surface area contributed by atoms with E-state index in [0.717, 1.165) is 0 Å². The molecule has 1 fully saturated rings. The Bertz CT molecular complexity index is 723. The summed E-state index contributed by atoms with van der Waals surface area (Å²) >= 11 is 0. The molecule has 0 saturated carbocycles. The Morgan fingerprint density at radius 1 is 1.36 bits per heavy atom. The number of para-hydroxylation sites is 1. The summed E-state index contributed by atoms with van der Waals surface area (Å²) in [5.74, 6) is 0.0805. The molecule has 1 amide bonds. The van der Waals surface area contributed by atoms with Gasteiger partial charge in [-0.2, -0.15) is 0 Å². The molecule has 1 aliphatic rings. The van der Waals surface area contributed by atoms with E-state index in [9.17, 15) is 9.18 Å². The second kappa shape index (κ2) is 5.39. The predicted molar refractivity (Wildman–Crippen MR) is 83.5 cm³/mol. The van der Waals surface area contributed by atoms with Crippen LogP contribution >= 0.6 is 0 Å². The minimum atomic E-state index is -0.430. The number of nitrogens with zero attached hydrogens (tertiary/aromatic N) is 2. The zero-order valence-corrected chi connectivity index (χ0v) is 13.4. The zero-order chi connectivity index (χ0) is 16.0. The molecule has 1 saturated heterocycles. The molecule has 1 aromatic carbocycles. The van der Waals surface area contributed by atoms with Crippen LogP contribution in [0.4, 0.5) is 4.39 Å². The molecule has 1 aliphatic heterocycles. The molecule has 2 heterocycles. The van der Waals surface area contributed by atoms with Crippen molar-refractivity contribution in [1.29, 1.82) is 0 Å². The maximum atomic E-state index is 13.8.